The van der Waals surface area contributed by atoms with E-state index in [1.54, 1.807) is 0 Å². The van der Waals surface area contributed by atoms with Gasteiger partial charge in [-0.15, -0.1) is 11.6 Å². The molecular formula is C19H35ClN2O11. The Morgan fingerprint density at radius 3 is 2.21 bits per heavy atom. The van der Waals surface area contributed by atoms with E-state index in [0.29, 0.717) is 6.42 Å². The fourth-order valence-electron chi connectivity index (χ4n) is 3.76. The molecule has 2 aliphatic heterocycles. The van der Waals surface area contributed by atoms with Gasteiger partial charge in [0.15, 0.2) is 12.5 Å². The fraction of sp³-hybridized carbons (Fsp3) is 0.947. The van der Waals surface area contributed by atoms with Crippen LogP contribution in [-0.4, -0.2) is 140 Å². The first-order chi connectivity index (χ1) is 15.7. The number of hydrogen-bond donors (Lipinski definition) is 8. The van der Waals surface area contributed by atoms with Crippen molar-refractivity contribution >= 4 is 17.6 Å². The maximum absolute atomic E-state index is 12.6. The molecule has 2 rings (SSSR count). The van der Waals surface area contributed by atoms with Crippen molar-refractivity contribution in [2.45, 2.75) is 81.1 Å². The molecule has 14 heteroatoms. The highest BCUT2D eigenvalue weighted by Crippen LogP contribution is 2.30. The molecule has 0 aliphatic carbocycles. The summed E-state index contributed by atoms with van der Waals surface area (Å²) in [4.78, 5) is 13.8. The van der Waals surface area contributed by atoms with Crippen LogP contribution in [0.3, 0.4) is 0 Å². The van der Waals surface area contributed by atoms with Crippen LogP contribution in [0.25, 0.3) is 0 Å². The number of carbonyl (C=O) groups is 1. The lowest BCUT2D eigenvalue weighted by atomic mass is 9.96. The molecule has 0 aromatic carbocycles. The van der Waals surface area contributed by atoms with Crippen molar-refractivity contribution in [1.82, 2.24) is 10.2 Å². The molecule has 2 saturated heterocycles. The van der Waals surface area contributed by atoms with Crippen LogP contribution in [0.15, 0.2) is 0 Å². The van der Waals surface area contributed by atoms with Crippen LogP contribution in [0.2, 0.25) is 0 Å². The standard InChI is InChI=1S/C19H35ClN2O11/c1-2-3-6-22(19(30)21-5-4-20)17-14(28)13(27)16(10(8-24)31-17)33-18-15(29)12(26)11(25)9(7-23)32-18/h9-18,23-29H,2-8H2,1H3,(H,21,30)/t9-,10-,11-,12+,13-,14-,15-,16-,17?,18-/m1/s1. The Balaban J connectivity index is 2.19. The Hall–Kier alpha value is -0.840. The smallest absolute Gasteiger partial charge is 0.319 e. The number of rotatable bonds is 10. The quantitative estimate of drug-likeness (QED) is 0.139. The van der Waals surface area contributed by atoms with Crippen LogP contribution < -0.4 is 5.32 Å². The second-order valence-corrected chi connectivity index (χ2v) is 8.37. The molecule has 0 radical (unpaired) electrons. The molecule has 2 amide bonds. The summed E-state index contributed by atoms with van der Waals surface area (Å²) in [7, 11) is 0. The summed E-state index contributed by atoms with van der Waals surface area (Å²) in [5.74, 6) is 0.165. The van der Waals surface area contributed by atoms with Gasteiger partial charge < -0.3 is 55.3 Å². The van der Waals surface area contributed by atoms with Crippen LogP contribution in [0.5, 0.6) is 0 Å². The number of carbonyl (C=O) groups excluding carboxylic acids is 1. The van der Waals surface area contributed by atoms with Gasteiger partial charge >= 0.3 is 6.03 Å². The van der Waals surface area contributed by atoms with Crippen LogP contribution >= 0.6 is 11.6 Å². The van der Waals surface area contributed by atoms with Gasteiger partial charge in [-0.1, -0.05) is 13.3 Å². The molecule has 2 heterocycles. The van der Waals surface area contributed by atoms with Crippen molar-refractivity contribution in [1.29, 1.82) is 0 Å². The number of ether oxygens (including phenoxy) is 3. The highest BCUT2D eigenvalue weighted by molar-refractivity contribution is 6.18. The number of alkyl halides is 1. The maximum Gasteiger partial charge on any atom is 0.319 e. The number of hydrogen-bond acceptors (Lipinski definition) is 11. The molecule has 2 aliphatic rings. The third-order valence-corrected chi connectivity index (χ3v) is 5.86. The third kappa shape index (κ3) is 6.64. The van der Waals surface area contributed by atoms with Crippen molar-refractivity contribution < 1.29 is 54.8 Å². The minimum atomic E-state index is -1.76. The molecule has 0 saturated carbocycles. The number of halogens is 1. The zero-order chi connectivity index (χ0) is 24.7. The number of urea groups is 1. The third-order valence-electron chi connectivity index (χ3n) is 5.67. The monoisotopic (exact) mass is 502 g/mol. The molecule has 194 valence electrons. The van der Waals surface area contributed by atoms with E-state index < -0.39 is 80.6 Å². The lowest BCUT2D eigenvalue weighted by molar-refractivity contribution is -0.347. The van der Waals surface area contributed by atoms with Gasteiger partial charge in [0.05, 0.1) is 13.2 Å². The molecule has 1 unspecified atom stereocenters. The minimum absolute atomic E-state index is 0.165. The van der Waals surface area contributed by atoms with Crippen molar-refractivity contribution in [3.05, 3.63) is 0 Å². The summed E-state index contributed by atoms with van der Waals surface area (Å²) in [5.41, 5.74) is 0. The number of aliphatic hydroxyl groups excluding tert-OH is 7. The van der Waals surface area contributed by atoms with Crippen LogP contribution in [-0.2, 0) is 14.2 Å². The molecule has 2 fully saturated rings. The zero-order valence-corrected chi connectivity index (χ0v) is 19.1. The van der Waals surface area contributed by atoms with E-state index in [2.05, 4.69) is 5.32 Å². The van der Waals surface area contributed by atoms with Crippen molar-refractivity contribution in [2.75, 3.05) is 32.2 Å². The van der Waals surface area contributed by atoms with Gasteiger partial charge in [0.1, 0.15) is 48.8 Å². The van der Waals surface area contributed by atoms with Gasteiger partial charge in [-0.25, -0.2) is 4.79 Å². The first-order valence-corrected chi connectivity index (χ1v) is 11.4. The van der Waals surface area contributed by atoms with Gasteiger partial charge in [0.2, 0.25) is 0 Å². The van der Waals surface area contributed by atoms with Gasteiger partial charge in [0, 0.05) is 19.0 Å². The SMILES string of the molecule is CCCCN(C(=O)NCCCl)C1O[C@H](CO)[C@@H](O[C@H]2O[C@H](CO)[C@@H](O)[C@H](O)[C@H]2O)[C@H](O)[C@H]1O. The second-order valence-electron chi connectivity index (χ2n) is 7.99. The van der Waals surface area contributed by atoms with Gasteiger partial charge in [-0.05, 0) is 6.42 Å². The topological polar surface area (TPSA) is 202 Å². The summed E-state index contributed by atoms with van der Waals surface area (Å²) in [6, 6.07) is -0.578. The molecular weight excluding hydrogens is 468 g/mol. The van der Waals surface area contributed by atoms with Crippen LogP contribution in [0.1, 0.15) is 19.8 Å². The molecule has 0 bridgehead atoms. The number of aliphatic hydroxyl groups is 7. The van der Waals surface area contributed by atoms with E-state index in [-0.39, 0.29) is 19.0 Å². The molecule has 0 spiro atoms. The van der Waals surface area contributed by atoms with Gasteiger partial charge in [0.25, 0.3) is 0 Å². The van der Waals surface area contributed by atoms with E-state index in [1.807, 2.05) is 6.92 Å². The molecule has 33 heavy (non-hydrogen) atoms. The molecule has 0 aromatic rings. The number of nitrogens with zero attached hydrogens (tertiary/aromatic N) is 1. The Labute approximate surface area is 196 Å². The lowest BCUT2D eigenvalue weighted by Crippen LogP contribution is -2.67. The Bertz CT molecular complexity index is 602. The summed E-state index contributed by atoms with van der Waals surface area (Å²) < 4.78 is 16.5. The number of unbranched alkanes of at least 4 members (excludes halogenated alkanes) is 1. The predicted octanol–water partition coefficient (Wildman–Crippen LogP) is -3.34. The summed E-state index contributed by atoms with van der Waals surface area (Å²) >= 11 is 5.62. The fourth-order valence-corrected chi connectivity index (χ4v) is 3.85. The zero-order valence-electron chi connectivity index (χ0n) is 18.3. The first-order valence-electron chi connectivity index (χ1n) is 10.9. The van der Waals surface area contributed by atoms with Crippen LogP contribution in [0.4, 0.5) is 4.79 Å². The second kappa shape index (κ2) is 13.3. The van der Waals surface area contributed by atoms with E-state index in [1.165, 1.54) is 4.90 Å². The largest absolute Gasteiger partial charge is 0.394 e. The Kier molecular flexibility index (Phi) is 11.4. The lowest BCUT2D eigenvalue weighted by Gasteiger charge is -2.48. The van der Waals surface area contributed by atoms with Crippen LogP contribution in [0, 0.1) is 0 Å². The van der Waals surface area contributed by atoms with E-state index in [4.69, 9.17) is 25.8 Å². The van der Waals surface area contributed by atoms with Gasteiger partial charge in [-0.3, -0.25) is 4.90 Å². The Morgan fingerprint density at radius 1 is 0.970 bits per heavy atom. The maximum atomic E-state index is 12.6. The first kappa shape index (κ1) is 28.4. The number of amides is 2. The summed E-state index contributed by atoms with van der Waals surface area (Å²) in [6.07, 6.45) is -14.0. The molecule has 10 atom stereocenters. The average molecular weight is 503 g/mol. The average Bonchev–Trinajstić information content (AvgIpc) is 2.81. The normalized spacial score (nSPS) is 39.3. The highest BCUT2D eigenvalue weighted by Gasteiger charge is 2.51. The van der Waals surface area contributed by atoms with E-state index >= 15 is 0 Å². The Morgan fingerprint density at radius 2 is 1.64 bits per heavy atom. The summed E-state index contributed by atoms with van der Waals surface area (Å²) in [6.45, 7) is 0.887. The number of nitrogens with one attached hydrogen (secondary N) is 1. The van der Waals surface area contributed by atoms with Crippen molar-refractivity contribution in [3.63, 3.8) is 0 Å². The summed E-state index contributed by atoms with van der Waals surface area (Å²) in [5, 5.41) is 73.3. The van der Waals surface area contributed by atoms with Crippen molar-refractivity contribution in [3.8, 4) is 0 Å². The van der Waals surface area contributed by atoms with Gasteiger partial charge in [-0.2, -0.15) is 0 Å². The van der Waals surface area contributed by atoms with E-state index in [9.17, 15) is 40.5 Å². The minimum Gasteiger partial charge on any atom is -0.394 e. The molecule has 8 N–H and O–H groups in total. The van der Waals surface area contributed by atoms with Crippen molar-refractivity contribution in [2.24, 2.45) is 0 Å². The molecule has 0 aromatic heterocycles. The molecule has 13 nitrogen and oxygen atoms in total. The van der Waals surface area contributed by atoms with E-state index in [0.717, 1.165) is 6.42 Å². The predicted molar refractivity (Wildman–Crippen MR) is 112 cm³/mol. The highest BCUT2D eigenvalue weighted by atomic mass is 35.5.